The van der Waals surface area contributed by atoms with Crippen LogP contribution in [0.1, 0.15) is 31.6 Å². The summed E-state index contributed by atoms with van der Waals surface area (Å²) >= 11 is 6.76. The Morgan fingerprint density at radius 1 is 1.07 bits per heavy atom. The normalized spacial score (nSPS) is 11.5. The molecule has 0 saturated carbocycles. The minimum absolute atomic E-state index is 0.000977. The quantitative estimate of drug-likeness (QED) is 0.474. The Hall–Kier alpha value is -3.43. The maximum absolute atomic E-state index is 12.6. The largest absolute Gasteiger partial charge is 0.506 e. The molecule has 8 nitrogen and oxygen atoms in total. The summed E-state index contributed by atoms with van der Waals surface area (Å²) in [5.74, 6) is -2.69. The summed E-state index contributed by atoms with van der Waals surface area (Å²) in [5, 5.41) is 23.8. The van der Waals surface area contributed by atoms with Crippen molar-refractivity contribution in [2.24, 2.45) is 0 Å². The maximum Gasteiger partial charge on any atom is 0.330 e. The number of aromatic nitrogens is 1. The minimum Gasteiger partial charge on any atom is -0.506 e. The van der Waals surface area contributed by atoms with Crippen molar-refractivity contribution in [1.82, 2.24) is 10.3 Å². The molecule has 0 aliphatic heterocycles. The number of hydrogen-bond acceptors (Lipinski definition) is 6. The molecule has 0 fully saturated rings. The number of halogens is 1. The highest BCUT2D eigenvalue weighted by molar-refractivity contribution is 7.12. The number of carboxylic acid groups (broad SMARTS) is 1. The third-order valence-electron chi connectivity index (χ3n) is 3.87. The number of aliphatic carboxylic acids is 1. The van der Waals surface area contributed by atoms with Gasteiger partial charge in [-0.25, -0.2) is 9.78 Å². The fraction of sp³-hybridized carbons (Fsp3) is 0.0526. The van der Waals surface area contributed by atoms with Gasteiger partial charge in [-0.05, 0) is 23.8 Å². The van der Waals surface area contributed by atoms with Gasteiger partial charge in [-0.1, -0.05) is 41.9 Å². The molecular weight excluding hydrogens is 418 g/mol. The molecule has 29 heavy (non-hydrogen) atoms. The van der Waals surface area contributed by atoms with E-state index in [0.29, 0.717) is 5.56 Å². The van der Waals surface area contributed by atoms with Gasteiger partial charge in [0.25, 0.3) is 11.8 Å². The number of nitrogens with one attached hydrogen (secondary N) is 2. The summed E-state index contributed by atoms with van der Waals surface area (Å²) in [5.41, 5.74) is 1.91. The molecule has 0 aliphatic rings. The summed E-state index contributed by atoms with van der Waals surface area (Å²) in [4.78, 5) is 40.6. The van der Waals surface area contributed by atoms with Crippen LogP contribution in [0, 0.1) is 0 Å². The summed E-state index contributed by atoms with van der Waals surface area (Å²) in [7, 11) is 0. The summed E-state index contributed by atoms with van der Waals surface area (Å²) in [6, 6.07) is 10.9. The molecular formula is C19H14ClN3O5S. The van der Waals surface area contributed by atoms with Crippen molar-refractivity contribution in [2.45, 2.75) is 6.04 Å². The Kier molecular flexibility index (Phi) is 6.10. The number of benzene rings is 2. The monoisotopic (exact) mass is 431 g/mol. The van der Waals surface area contributed by atoms with E-state index in [-0.39, 0.29) is 27.0 Å². The molecule has 2 amide bonds. The van der Waals surface area contributed by atoms with Crippen LogP contribution in [0.25, 0.3) is 0 Å². The first-order valence-corrected chi connectivity index (χ1v) is 9.44. The van der Waals surface area contributed by atoms with Crippen molar-refractivity contribution >= 4 is 46.5 Å². The van der Waals surface area contributed by atoms with Gasteiger partial charge in [0.2, 0.25) is 0 Å². The van der Waals surface area contributed by atoms with Crippen LogP contribution in [0.15, 0.2) is 54.0 Å². The molecule has 0 unspecified atom stereocenters. The van der Waals surface area contributed by atoms with E-state index in [1.54, 1.807) is 30.3 Å². The number of amides is 2. The zero-order valence-corrected chi connectivity index (χ0v) is 16.2. The van der Waals surface area contributed by atoms with E-state index in [1.165, 1.54) is 23.7 Å². The molecule has 0 bridgehead atoms. The standard InChI is InChI=1S/C19H14ClN3O5S/c20-12-8-11(6-7-13(12)24)17(25)23-16-15(29-9-21-16)18(26)22-14(19(27)28)10-4-2-1-3-5-10/h1-9,14,24H,(H,22,26)(H,23,25)(H,27,28)/t14-/m1/s1. The van der Waals surface area contributed by atoms with E-state index in [9.17, 15) is 24.6 Å². The molecule has 1 aromatic heterocycles. The van der Waals surface area contributed by atoms with Crippen molar-refractivity contribution in [3.8, 4) is 5.75 Å². The first-order valence-electron chi connectivity index (χ1n) is 8.18. The lowest BCUT2D eigenvalue weighted by atomic mass is 10.1. The number of carboxylic acids is 1. The molecule has 4 N–H and O–H groups in total. The smallest absolute Gasteiger partial charge is 0.330 e. The number of phenolic OH excluding ortho intramolecular Hbond substituents is 1. The zero-order valence-electron chi connectivity index (χ0n) is 14.6. The van der Waals surface area contributed by atoms with Crippen LogP contribution in [0.4, 0.5) is 5.82 Å². The number of nitrogens with zero attached hydrogens (tertiary/aromatic N) is 1. The van der Waals surface area contributed by atoms with Gasteiger partial charge in [0.05, 0.1) is 10.5 Å². The molecule has 0 saturated heterocycles. The molecule has 10 heteroatoms. The maximum atomic E-state index is 12.6. The van der Waals surface area contributed by atoms with E-state index in [4.69, 9.17) is 11.6 Å². The predicted molar refractivity (Wildman–Crippen MR) is 107 cm³/mol. The summed E-state index contributed by atoms with van der Waals surface area (Å²) in [6.07, 6.45) is 0. The highest BCUT2D eigenvalue weighted by Gasteiger charge is 2.25. The fourth-order valence-electron chi connectivity index (χ4n) is 2.45. The van der Waals surface area contributed by atoms with Crippen molar-refractivity contribution in [1.29, 1.82) is 0 Å². The average Bonchev–Trinajstić information content (AvgIpc) is 3.16. The van der Waals surface area contributed by atoms with Gasteiger partial charge in [0, 0.05) is 5.56 Å². The number of carbonyl (C=O) groups excluding carboxylic acids is 2. The van der Waals surface area contributed by atoms with Crippen molar-refractivity contribution < 1.29 is 24.6 Å². The fourth-order valence-corrected chi connectivity index (χ4v) is 3.28. The Bertz CT molecular complexity index is 1070. The van der Waals surface area contributed by atoms with Gasteiger partial charge >= 0.3 is 5.97 Å². The summed E-state index contributed by atoms with van der Waals surface area (Å²) in [6.45, 7) is 0. The Labute approximate surface area is 173 Å². The van der Waals surface area contributed by atoms with E-state index < -0.39 is 23.8 Å². The van der Waals surface area contributed by atoms with E-state index in [0.717, 1.165) is 11.3 Å². The van der Waals surface area contributed by atoms with Gasteiger partial charge in [0.15, 0.2) is 11.9 Å². The van der Waals surface area contributed by atoms with Gasteiger partial charge in [-0.3, -0.25) is 9.59 Å². The molecule has 0 aliphatic carbocycles. The van der Waals surface area contributed by atoms with Crippen LogP contribution in [-0.2, 0) is 4.79 Å². The predicted octanol–water partition coefficient (Wildman–Crippen LogP) is 3.31. The van der Waals surface area contributed by atoms with Crippen molar-refractivity contribution in [3.05, 3.63) is 75.1 Å². The van der Waals surface area contributed by atoms with Crippen molar-refractivity contribution in [2.75, 3.05) is 5.32 Å². The molecule has 1 atom stereocenters. The Balaban J connectivity index is 1.78. The van der Waals surface area contributed by atoms with Gasteiger partial charge in [-0.2, -0.15) is 0 Å². The lowest BCUT2D eigenvalue weighted by molar-refractivity contribution is -0.139. The molecule has 0 radical (unpaired) electrons. The van der Waals surface area contributed by atoms with Crippen LogP contribution in [-0.4, -0.2) is 33.0 Å². The average molecular weight is 432 g/mol. The second-order valence-electron chi connectivity index (χ2n) is 5.81. The Morgan fingerprint density at radius 2 is 1.79 bits per heavy atom. The van der Waals surface area contributed by atoms with Crippen molar-refractivity contribution in [3.63, 3.8) is 0 Å². The number of aromatic hydroxyl groups is 1. The lowest BCUT2D eigenvalue weighted by Gasteiger charge is -2.14. The first kappa shape index (κ1) is 20.3. The number of thiazole rings is 1. The van der Waals surface area contributed by atoms with Crippen LogP contribution in [0.2, 0.25) is 5.02 Å². The number of hydrogen-bond donors (Lipinski definition) is 4. The lowest BCUT2D eigenvalue weighted by Crippen LogP contribution is -2.33. The van der Waals surface area contributed by atoms with Crippen LogP contribution < -0.4 is 10.6 Å². The van der Waals surface area contributed by atoms with E-state index in [2.05, 4.69) is 15.6 Å². The second kappa shape index (κ2) is 8.72. The summed E-state index contributed by atoms with van der Waals surface area (Å²) < 4.78 is 0. The van der Waals surface area contributed by atoms with Gasteiger partial charge in [-0.15, -0.1) is 11.3 Å². The number of carbonyl (C=O) groups is 3. The molecule has 2 aromatic carbocycles. The SMILES string of the molecule is O=C(Nc1ncsc1C(=O)N[C@@H](C(=O)O)c1ccccc1)c1ccc(O)c(Cl)c1. The highest BCUT2D eigenvalue weighted by atomic mass is 35.5. The molecule has 1 heterocycles. The topological polar surface area (TPSA) is 129 Å². The Morgan fingerprint density at radius 3 is 2.45 bits per heavy atom. The van der Waals surface area contributed by atoms with Gasteiger partial charge < -0.3 is 20.8 Å². The van der Waals surface area contributed by atoms with Crippen LogP contribution in [0.3, 0.4) is 0 Å². The first-order chi connectivity index (χ1) is 13.9. The molecule has 3 rings (SSSR count). The molecule has 0 spiro atoms. The van der Waals surface area contributed by atoms with E-state index >= 15 is 0 Å². The number of phenols is 1. The molecule has 148 valence electrons. The highest BCUT2D eigenvalue weighted by Crippen LogP contribution is 2.25. The number of rotatable bonds is 6. The van der Waals surface area contributed by atoms with E-state index in [1.807, 2.05) is 0 Å². The van der Waals surface area contributed by atoms with Gasteiger partial charge in [0.1, 0.15) is 10.6 Å². The van der Waals surface area contributed by atoms with Crippen LogP contribution >= 0.6 is 22.9 Å². The third kappa shape index (κ3) is 4.71. The number of anilines is 1. The molecule has 3 aromatic rings. The zero-order chi connectivity index (χ0) is 21.0. The third-order valence-corrected chi connectivity index (χ3v) is 5.00. The minimum atomic E-state index is -1.26. The van der Waals surface area contributed by atoms with Crippen LogP contribution in [0.5, 0.6) is 5.75 Å². The second-order valence-corrected chi connectivity index (χ2v) is 7.07.